The number of para-hydroxylation sites is 1. The summed E-state index contributed by atoms with van der Waals surface area (Å²) in [6, 6.07) is 67.1. The standard InChI is InChI=1S/C54H31NO/c1-3-18-40-38(16-1)50(33-26-28-49-43(30-33)36-15-6-8-24-48(36)56-49)39-17-2-4-19-41(39)51(40)34-25-27-42-47(31-34)54(46-23-11-29-55-53(42)46)44-21-7-5-14-35(44)37-20-9-12-32-13-10-22-45(54)52(32)37/h1-31H. The van der Waals surface area contributed by atoms with Crippen molar-refractivity contribution in [3.8, 4) is 44.6 Å². The topological polar surface area (TPSA) is 26.0 Å². The molecule has 2 aliphatic carbocycles. The van der Waals surface area contributed by atoms with Crippen LogP contribution in [-0.4, -0.2) is 4.98 Å². The molecule has 1 spiro atoms. The lowest BCUT2D eigenvalue weighted by atomic mass is 9.61. The molecule has 2 aliphatic rings. The van der Waals surface area contributed by atoms with E-state index in [1.165, 1.54) is 93.5 Å². The van der Waals surface area contributed by atoms with Crippen LogP contribution >= 0.6 is 0 Å². The van der Waals surface area contributed by atoms with E-state index in [1.54, 1.807) is 0 Å². The van der Waals surface area contributed by atoms with Gasteiger partial charge in [-0.05, 0) is 118 Å². The number of benzene rings is 9. The maximum Gasteiger partial charge on any atom is 0.135 e. The highest BCUT2D eigenvalue weighted by Gasteiger charge is 2.50. The summed E-state index contributed by atoms with van der Waals surface area (Å²) in [5.41, 5.74) is 16.2. The maximum absolute atomic E-state index is 6.26. The van der Waals surface area contributed by atoms with E-state index >= 15 is 0 Å². The van der Waals surface area contributed by atoms with Gasteiger partial charge >= 0.3 is 0 Å². The zero-order chi connectivity index (χ0) is 36.5. The van der Waals surface area contributed by atoms with Crippen molar-refractivity contribution in [3.05, 3.63) is 210 Å². The number of hydrogen-bond acceptors (Lipinski definition) is 2. The SMILES string of the molecule is c1ccc2c(c1)-c1cccc3cccc(c13)C21c2cc(-c3c4ccccc4c(-c4ccc5oc6ccccc6c5c4)c4ccccc34)ccc2-c2ncccc21. The molecule has 0 fully saturated rings. The number of pyridine rings is 1. The summed E-state index contributed by atoms with van der Waals surface area (Å²) >= 11 is 0. The van der Waals surface area contributed by atoms with Gasteiger partial charge in [0.15, 0.2) is 0 Å². The molecule has 2 heteroatoms. The third-order valence-corrected chi connectivity index (χ3v) is 12.7. The van der Waals surface area contributed by atoms with Gasteiger partial charge in [-0.3, -0.25) is 4.98 Å². The zero-order valence-electron chi connectivity index (χ0n) is 30.3. The normalized spacial score (nSPS) is 15.2. The number of nitrogens with zero attached hydrogens (tertiary/aromatic N) is 1. The molecule has 2 aromatic heterocycles. The number of rotatable bonds is 2. The summed E-state index contributed by atoms with van der Waals surface area (Å²) < 4.78 is 6.26. The van der Waals surface area contributed by atoms with Gasteiger partial charge in [-0.1, -0.05) is 152 Å². The molecule has 1 unspecified atom stereocenters. The minimum atomic E-state index is -0.534. The molecule has 0 saturated heterocycles. The van der Waals surface area contributed by atoms with E-state index in [1.807, 2.05) is 12.3 Å². The average molecular weight is 710 g/mol. The lowest BCUT2D eigenvalue weighted by Crippen LogP contribution is -2.31. The Bertz CT molecular complexity index is 3430. The Morgan fingerprint density at radius 2 is 0.964 bits per heavy atom. The largest absolute Gasteiger partial charge is 0.456 e. The van der Waals surface area contributed by atoms with E-state index in [9.17, 15) is 0 Å². The van der Waals surface area contributed by atoms with E-state index in [0.717, 1.165) is 27.6 Å². The van der Waals surface area contributed by atoms with Gasteiger partial charge in [0.1, 0.15) is 11.2 Å². The first-order chi connectivity index (χ1) is 27.8. The predicted molar refractivity (Wildman–Crippen MR) is 231 cm³/mol. The smallest absolute Gasteiger partial charge is 0.135 e. The first-order valence-electron chi connectivity index (χ1n) is 19.4. The van der Waals surface area contributed by atoms with Crippen LogP contribution in [0, 0.1) is 0 Å². The molecule has 2 heterocycles. The van der Waals surface area contributed by atoms with E-state index < -0.39 is 5.41 Å². The maximum atomic E-state index is 6.26. The van der Waals surface area contributed by atoms with Crippen LogP contribution in [-0.2, 0) is 5.41 Å². The molecule has 13 rings (SSSR count). The van der Waals surface area contributed by atoms with E-state index in [-0.39, 0.29) is 0 Å². The van der Waals surface area contributed by atoms with Crippen molar-refractivity contribution in [3.63, 3.8) is 0 Å². The van der Waals surface area contributed by atoms with Crippen LogP contribution < -0.4 is 0 Å². The molecule has 2 nitrogen and oxygen atoms in total. The van der Waals surface area contributed by atoms with Gasteiger partial charge in [-0.25, -0.2) is 0 Å². The molecule has 1 atom stereocenters. The second kappa shape index (κ2) is 10.9. The van der Waals surface area contributed by atoms with E-state index in [4.69, 9.17) is 9.40 Å². The molecule has 0 aliphatic heterocycles. The molecule has 0 N–H and O–H groups in total. The van der Waals surface area contributed by atoms with Gasteiger partial charge in [-0.2, -0.15) is 0 Å². The van der Waals surface area contributed by atoms with Gasteiger partial charge in [0, 0.05) is 22.5 Å². The lowest BCUT2D eigenvalue weighted by Gasteiger charge is -2.40. The fourth-order valence-corrected chi connectivity index (χ4v) is 10.6. The number of aromatic nitrogens is 1. The van der Waals surface area contributed by atoms with Crippen LogP contribution in [0.3, 0.4) is 0 Å². The Hall–Kier alpha value is -7.29. The lowest BCUT2D eigenvalue weighted by molar-refractivity contribution is 0.669. The molecule has 11 aromatic rings. The van der Waals surface area contributed by atoms with Crippen LogP contribution in [0.4, 0.5) is 0 Å². The van der Waals surface area contributed by atoms with Gasteiger partial charge in [0.25, 0.3) is 0 Å². The average Bonchev–Trinajstić information content (AvgIpc) is 3.78. The molecule has 9 aromatic carbocycles. The van der Waals surface area contributed by atoms with Crippen molar-refractivity contribution in [1.82, 2.24) is 4.98 Å². The quantitative estimate of drug-likeness (QED) is 0.167. The highest BCUT2D eigenvalue weighted by atomic mass is 16.3. The van der Waals surface area contributed by atoms with Crippen molar-refractivity contribution in [1.29, 1.82) is 0 Å². The minimum Gasteiger partial charge on any atom is -0.456 e. The van der Waals surface area contributed by atoms with Gasteiger partial charge in [0.05, 0.1) is 11.1 Å². The summed E-state index contributed by atoms with van der Waals surface area (Å²) in [7, 11) is 0. The van der Waals surface area contributed by atoms with Gasteiger partial charge < -0.3 is 4.42 Å². The summed E-state index contributed by atoms with van der Waals surface area (Å²) in [4.78, 5) is 5.12. The van der Waals surface area contributed by atoms with Crippen molar-refractivity contribution in [2.45, 2.75) is 5.41 Å². The summed E-state index contributed by atoms with van der Waals surface area (Å²) in [6.07, 6.45) is 1.95. The highest BCUT2D eigenvalue weighted by molar-refractivity contribution is 6.22. The molecular formula is C54H31NO. The number of fused-ring (bicyclic) bond motifs is 14. The summed E-state index contributed by atoms with van der Waals surface area (Å²) in [5, 5.41) is 9.79. The second-order valence-corrected chi connectivity index (χ2v) is 15.3. The highest BCUT2D eigenvalue weighted by Crippen LogP contribution is 2.62. The Morgan fingerprint density at radius 1 is 0.375 bits per heavy atom. The zero-order valence-corrected chi connectivity index (χ0v) is 30.3. The fraction of sp³-hybridized carbons (Fsp3) is 0.0185. The van der Waals surface area contributed by atoms with Crippen molar-refractivity contribution in [2.24, 2.45) is 0 Å². The number of furan rings is 1. The molecule has 0 radical (unpaired) electrons. The van der Waals surface area contributed by atoms with Crippen molar-refractivity contribution in [2.75, 3.05) is 0 Å². The first-order valence-corrected chi connectivity index (χ1v) is 19.4. The summed E-state index contributed by atoms with van der Waals surface area (Å²) in [6.45, 7) is 0. The molecule has 258 valence electrons. The van der Waals surface area contributed by atoms with E-state index in [0.29, 0.717) is 0 Å². The Morgan fingerprint density at radius 3 is 1.75 bits per heavy atom. The van der Waals surface area contributed by atoms with Gasteiger partial charge in [-0.15, -0.1) is 0 Å². The second-order valence-electron chi connectivity index (χ2n) is 15.3. The summed E-state index contributed by atoms with van der Waals surface area (Å²) in [5.74, 6) is 0. The molecule has 56 heavy (non-hydrogen) atoms. The third kappa shape index (κ3) is 3.73. The van der Waals surface area contributed by atoms with Crippen LogP contribution in [0.2, 0.25) is 0 Å². The monoisotopic (exact) mass is 709 g/mol. The predicted octanol–water partition coefficient (Wildman–Crippen LogP) is 14.1. The van der Waals surface area contributed by atoms with Crippen LogP contribution in [0.25, 0.3) is 98.9 Å². The Labute approximate surface area is 322 Å². The molecular weight excluding hydrogens is 679 g/mol. The van der Waals surface area contributed by atoms with Crippen molar-refractivity contribution < 1.29 is 4.42 Å². The van der Waals surface area contributed by atoms with Crippen molar-refractivity contribution >= 4 is 54.3 Å². The third-order valence-electron chi connectivity index (χ3n) is 12.7. The van der Waals surface area contributed by atoms with Crippen LogP contribution in [0.5, 0.6) is 0 Å². The molecule has 0 saturated carbocycles. The van der Waals surface area contributed by atoms with Crippen LogP contribution in [0.15, 0.2) is 193 Å². The van der Waals surface area contributed by atoms with E-state index in [2.05, 4.69) is 176 Å². The van der Waals surface area contributed by atoms with Crippen LogP contribution in [0.1, 0.15) is 22.3 Å². The molecule has 0 amide bonds. The minimum absolute atomic E-state index is 0.534. The fourth-order valence-electron chi connectivity index (χ4n) is 10.6. The Balaban J connectivity index is 1.13. The van der Waals surface area contributed by atoms with Gasteiger partial charge in [0.2, 0.25) is 0 Å². The first kappa shape index (κ1) is 30.1. The Kier molecular flexibility index (Phi) is 5.86. The number of hydrogen-bond donors (Lipinski definition) is 0. The molecule has 0 bridgehead atoms.